The largest absolute Gasteiger partial charge is 0.325 e. The molecule has 0 aromatic heterocycles. The summed E-state index contributed by atoms with van der Waals surface area (Å²) in [6.07, 6.45) is 0. The number of nitrogens with one attached hydrogen (secondary N) is 1. The zero-order valence-electron chi connectivity index (χ0n) is 12.7. The van der Waals surface area contributed by atoms with Crippen LogP contribution in [0.2, 0.25) is 0 Å². The van der Waals surface area contributed by atoms with E-state index in [4.69, 9.17) is 0 Å². The Balaban J connectivity index is 1.63. The number of hydrogen-bond acceptors (Lipinski definition) is 2. The Morgan fingerprint density at radius 2 is 1.83 bits per heavy atom. The standard InChI is InChI=1S/C19H16BrNOS/c1-13-10-16(20)7-9-18(13)21-19(22)12-23-17-8-6-14-4-2-3-5-15(14)11-17/h2-11H,12H2,1H3,(H,21,22). The number of amides is 1. The number of thioether (sulfide) groups is 1. The predicted octanol–water partition coefficient (Wildman–Crippen LogP) is 5.64. The van der Waals surface area contributed by atoms with Crippen LogP contribution in [-0.2, 0) is 4.79 Å². The minimum atomic E-state index is 0.00795. The third-order valence-electron chi connectivity index (χ3n) is 3.55. The van der Waals surface area contributed by atoms with Crippen molar-refractivity contribution in [3.8, 4) is 0 Å². The van der Waals surface area contributed by atoms with Gasteiger partial charge in [-0.3, -0.25) is 4.79 Å². The molecule has 0 atom stereocenters. The van der Waals surface area contributed by atoms with Gasteiger partial charge in [-0.05, 0) is 53.6 Å². The number of benzene rings is 3. The van der Waals surface area contributed by atoms with Crippen LogP contribution in [0.1, 0.15) is 5.56 Å². The Bertz CT molecular complexity index is 863. The molecule has 0 aliphatic heterocycles. The fraction of sp³-hybridized carbons (Fsp3) is 0.105. The number of carbonyl (C=O) groups is 1. The molecular formula is C19H16BrNOS. The van der Waals surface area contributed by atoms with Crippen molar-refractivity contribution < 1.29 is 4.79 Å². The maximum Gasteiger partial charge on any atom is 0.234 e. The lowest BCUT2D eigenvalue weighted by atomic mass is 10.1. The molecule has 1 N–H and O–H groups in total. The lowest BCUT2D eigenvalue weighted by Crippen LogP contribution is -2.14. The molecular weight excluding hydrogens is 370 g/mol. The highest BCUT2D eigenvalue weighted by molar-refractivity contribution is 9.10. The van der Waals surface area contributed by atoms with Crippen molar-refractivity contribution in [3.63, 3.8) is 0 Å². The predicted molar refractivity (Wildman–Crippen MR) is 102 cm³/mol. The Hall–Kier alpha value is -1.78. The summed E-state index contributed by atoms with van der Waals surface area (Å²) in [4.78, 5) is 13.2. The molecule has 2 nitrogen and oxygen atoms in total. The van der Waals surface area contributed by atoms with Gasteiger partial charge in [-0.2, -0.15) is 0 Å². The summed E-state index contributed by atoms with van der Waals surface area (Å²) in [7, 11) is 0. The van der Waals surface area contributed by atoms with E-state index in [9.17, 15) is 4.79 Å². The van der Waals surface area contributed by atoms with E-state index >= 15 is 0 Å². The molecule has 0 aliphatic rings. The lowest BCUT2D eigenvalue weighted by molar-refractivity contribution is -0.113. The van der Waals surface area contributed by atoms with Gasteiger partial charge in [0.2, 0.25) is 5.91 Å². The third-order valence-corrected chi connectivity index (χ3v) is 5.04. The average molecular weight is 386 g/mol. The summed E-state index contributed by atoms with van der Waals surface area (Å²) in [5, 5.41) is 5.37. The van der Waals surface area contributed by atoms with E-state index in [0.29, 0.717) is 5.75 Å². The summed E-state index contributed by atoms with van der Waals surface area (Å²) in [6, 6.07) is 20.3. The highest BCUT2D eigenvalue weighted by atomic mass is 79.9. The van der Waals surface area contributed by atoms with Crippen LogP contribution in [0.15, 0.2) is 70.0 Å². The van der Waals surface area contributed by atoms with Crippen molar-refractivity contribution in [2.24, 2.45) is 0 Å². The van der Waals surface area contributed by atoms with Crippen LogP contribution in [0.5, 0.6) is 0 Å². The van der Waals surface area contributed by atoms with Crippen LogP contribution in [0.25, 0.3) is 10.8 Å². The topological polar surface area (TPSA) is 29.1 Å². The normalized spacial score (nSPS) is 10.7. The molecule has 0 heterocycles. The van der Waals surface area contributed by atoms with Crippen molar-refractivity contribution in [1.82, 2.24) is 0 Å². The first-order valence-corrected chi connectivity index (χ1v) is 9.07. The van der Waals surface area contributed by atoms with Gasteiger partial charge in [0, 0.05) is 15.1 Å². The SMILES string of the molecule is Cc1cc(Br)ccc1NC(=O)CSc1ccc2ccccc2c1. The van der Waals surface area contributed by atoms with Crippen LogP contribution in [0.4, 0.5) is 5.69 Å². The van der Waals surface area contributed by atoms with E-state index in [-0.39, 0.29) is 5.91 Å². The first-order valence-electron chi connectivity index (χ1n) is 7.29. The summed E-state index contributed by atoms with van der Waals surface area (Å²) in [5.41, 5.74) is 1.90. The molecule has 0 bridgehead atoms. The van der Waals surface area contributed by atoms with Gasteiger partial charge in [0.15, 0.2) is 0 Å². The monoisotopic (exact) mass is 385 g/mol. The molecule has 0 fully saturated rings. The van der Waals surface area contributed by atoms with Crippen LogP contribution in [-0.4, -0.2) is 11.7 Å². The number of anilines is 1. The molecule has 0 radical (unpaired) electrons. The highest BCUT2D eigenvalue weighted by Gasteiger charge is 2.06. The van der Waals surface area contributed by atoms with E-state index < -0.39 is 0 Å². The fourth-order valence-corrected chi connectivity index (χ4v) is 3.58. The van der Waals surface area contributed by atoms with Gasteiger partial charge in [0.05, 0.1) is 5.75 Å². The molecule has 23 heavy (non-hydrogen) atoms. The van der Waals surface area contributed by atoms with Gasteiger partial charge in [-0.15, -0.1) is 11.8 Å². The number of rotatable bonds is 4. The summed E-state index contributed by atoms with van der Waals surface area (Å²) in [5.74, 6) is 0.405. The molecule has 0 aliphatic carbocycles. The lowest BCUT2D eigenvalue weighted by Gasteiger charge is -2.09. The van der Waals surface area contributed by atoms with Gasteiger partial charge in [-0.25, -0.2) is 0 Å². The molecule has 116 valence electrons. The Labute approximate surface area is 148 Å². The minimum absolute atomic E-state index is 0.00795. The molecule has 4 heteroatoms. The van der Waals surface area contributed by atoms with Crippen molar-refractivity contribution in [3.05, 3.63) is 70.7 Å². The zero-order chi connectivity index (χ0) is 16.2. The molecule has 0 saturated carbocycles. The number of aryl methyl sites for hydroxylation is 1. The Morgan fingerprint density at radius 3 is 2.61 bits per heavy atom. The number of halogens is 1. The zero-order valence-corrected chi connectivity index (χ0v) is 15.1. The first-order chi connectivity index (χ1) is 11.1. The average Bonchev–Trinajstić information content (AvgIpc) is 2.55. The molecule has 3 rings (SSSR count). The van der Waals surface area contributed by atoms with Gasteiger partial charge in [-0.1, -0.05) is 46.3 Å². The van der Waals surface area contributed by atoms with Gasteiger partial charge in [0.25, 0.3) is 0 Å². The number of fused-ring (bicyclic) bond motifs is 1. The van der Waals surface area contributed by atoms with E-state index in [2.05, 4.69) is 51.6 Å². The second kappa shape index (κ2) is 7.20. The third kappa shape index (κ3) is 4.15. The van der Waals surface area contributed by atoms with E-state index in [1.165, 1.54) is 10.8 Å². The van der Waals surface area contributed by atoms with Gasteiger partial charge in [0.1, 0.15) is 0 Å². The maximum absolute atomic E-state index is 12.1. The highest BCUT2D eigenvalue weighted by Crippen LogP contribution is 2.24. The van der Waals surface area contributed by atoms with Crippen molar-refractivity contribution in [1.29, 1.82) is 0 Å². The second-order valence-electron chi connectivity index (χ2n) is 5.31. The van der Waals surface area contributed by atoms with Gasteiger partial charge >= 0.3 is 0 Å². The number of hydrogen-bond donors (Lipinski definition) is 1. The second-order valence-corrected chi connectivity index (χ2v) is 7.27. The Kier molecular flexibility index (Phi) is 5.03. The molecule has 0 saturated heterocycles. The molecule has 1 amide bonds. The summed E-state index contributed by atoms with van der Waals surface area (Å²) in [6.45, 7) is 1.98. The quantitative estimate of drug-likeness (QED) is 0.588. The molecule has 3 aromatic rings. The summed E-state index contributed by atoms with van der Waals surface area (Å²) < 4.78 is 1.01. The van der Waals surface area contributed by atoms with Crippen molar-refractivity contribution in [2.45, 2.75) is 11.8 Å². The van der Waals surface area contributed by atoms with Crippen molar-refractivity contribution >= 4 is 50.1 Å². The van der Waals surface area contributed by atoms with Crippen LogP contribution in [0, 0.1) is 6.92 Å². The number of carbonyl (C=O) groups excluding carboxylic acids is 1. The van der Waals surface area contributed by atoms with E-state index in [1.54, 1.807) is 11.8 Å². The molecule has 3 aromatic carbocycles. The molecule has 0 unspecified atom stereocenters. The van der Waals surface area contributed by atoms with Crippen molar-refractivity contribution in [2.75, 3.05) is 11.1 Å². The maximum atomic E-state index is 12.1. The summed E-state index contributed by atoms with van der Waals surface area (Å²) >= 11 is 4.98. The van der Waals surface area contributed by atoms with E-state index in [0.717, 1.165) is 20.6 Å². The molecule has 0 spiro atoms. The minimum Gasteiger partial charge on any atom is -0.325 e. The fourth-order valence-electron chi connectivity index (χ4n) is 2.36. The van der Waals surface area contributed by atoms with E-state index in [1.807, 2.05) is 37.3 Å². The van der Waals surface area contributed by atoms with Crippen LogP contribution >= 0.6 is 27.7 Å². The smallest absolute Gasteiger partial charge is 0.234 e. The van der Waals surface area contributed by atoms with Gasteiger partial charge < -0.3 is 5.32 Å². The Morgan fingerprint density at radius 1 is 1.04 bits per heavy atom. The first kappa shape index (κ1) is 16.1. The van der Waals surface area contributed by atoms with Crippen LogP contribution in [0.3, 0.4) is 0 Å². The van der Waals surface area contributed by atoms with Crippen LogP contribution < -0.4 is 5.32 Å².